The number of hydrogen-bond donors (Lipinski definition) is 1. The summed E-state index contributed by atoms with van der Waals surface area (Å²) in [5.41, 5.74) is 0.863. The van der Waals surface area contributed by atoms with Crippen LogP contribution >= 0.6 is 0 Å². The second-order valence-electron chi connectivity index (χ2n) is 4.52. The lowest BCUT2D eigenvalue weighted by Gasteiger charge is -2.02. The van der Waals surface area contributed by atoms with Crippen LogP contribution in [0, 0.1) is 0 Å². The molecule has 9 heteroatoms. The number of aromatic nitrogens is 2. The van der Waals surface area contributed by atoms with Crippen LogP contribution in [0.5, 0.6) is 0 Å². The van der Waals surface area contributed by atoms with Gasteiger partial charge in [0.25, 0.3) is 0 Å². The number of benzene rings is 1. The number of nitrogens with zero attached hydrogens (tertiary/aromatic N) is 2. The summed E-state index contributed by atoms with van der Waals surface area (Å²) in [6.45, 7) is 0. The number of fused-ring (bicyclic) bond motifs is 1. The van der Waals surface area contributed by atoms with Crippen molar-refractivity contribution in [3.63, 3.8) is 0 Å². The quantitative estimate of drug-likeness (QED) is 0.853. The smallest absolute Gasteiger partial charge is 0.284 e. The summed E-state index contributed by atoms with van der Waals surface area (Å²) in [4.78, 5) is 0. The number of alkyl halides is 3. The van der Waals surface area contributed by atoms with Crippen LogP contribution in [0.25, 0.3) is 11.0 Å². The first-order valence-corrected chi connectivity index (χ1v) is 7.43. The predicted octanol–water partition coefficient (Wildman–Crippen LogP) is 1.39. The Bertz CT molecular complexity index is 778. The topological polar surface area (TPSA) is 55.0 Å². The molecule has 1 N–H and O–H groups in total. The summed E-state index contributed by atoms with van der Waals surface area (Å²) in [6.07, 6.45) is -3.52. The van der Waals surface area contributed by atoms with E-state index in [-0.39, 0.29) is 11.2 Å². The van der Waals surface area contributed by atoms with Crippen LogP contribution in [0.15, 0.2) is 18.2 Å². The van der Waals surface area contributed by atoms with Crippen LogP contribution in [0.1, 0.15) is 5.82 Å². The van der Waals surface area contributed by atoms with Gasteiger partial charge in [-0.15, -0.1) is 0 Å². The Labute approximate surface area is 113 Å². The minimum Gasteiger partial charge on any atom is -0.284 e. The van der Waals surface area contributed by atoms with Gasteiger partial charge in [0.05, 0.1) is 26.0 Å². The van der Waals surface area contributed by atoms with Gasteiger partial charge >= 0.3 is 12.0 Å². The molecule has 20 heavy (non-hydrogen) atoms. The van der Waals surface area contributed by atoms with Gasteiger partial charge in [-0.1, -0.05) is 0 Å². The molecule has 1 heterocycles. The number of halogens is 3. The van der Waals surface area contributed by atoms with E-state index in [1.807, 2.05) is 0 Å². The van der Waals surface area contributed by atoms with Crippen LogP contribution in [0.4, 0.5) is 18.9 Å². The molecule has 0 radical (unpaired) electrons. The van der Waals surface area contributed by atoms with E-state index in [1.54, 1.807) is 0 Å². The van der Waals surface area contributed by atoms with Crippen LogP contribution in [0.2, 0.25) is 0 Å². The largest absolute Gasteiger partial charge is 0.495 e. The molecule has 0 saturated heterocycles. The van der Waals surface area contributed by atoms with Crippen molar-refractivity contribution in [2.45, 2.75) is 6.18 Å². The van der Waals surface area contributed by atoms with Crippen LogP contribution in [-0.2, 0) is 30.3 Å². The SMILES string of the molecule is Cn1c(C(F)(F)F)[n+](C)c2ccc(NS(C)(=O)=O)cc21. The first-order valence-electron chi connectivity index (χ1n) is 5.54. The number of hydrogen-bond acceptors (Lipinski definition) is 2. The monoisotopic (exact) mass is 308 g/mol. The molecule has 5 nitrogen and oxygen atoms in total. The molecular formula is C11H13F3N3O2S+. The zero-order chi connectivity index (χ0) is 15.3. The van der Waals surface area contributed by atoms with E-state index in [0.717, 1.165) is 15.4 Å². The number of rotatable bonds is 2. The normalized spacial score (nSPS) is 12.9. The zero-order valence-corrected chi connectivity index (χ0v) is 11.8. The predicted molar refractivity (Wildman–Crippen MR) is 67.6 cm³/mol. The lowest BCUT2D eigenvalue weighted by Crippen LogP contribution is -2.37. The Morgan fingerprint density at radius 2 is 1.90 bits per heavy atom. The highest BCUT2D eigenvalue weighted by molar-refractivity contribution is 7.92. The van der Waals surface area contributed by atoms with Crippen molar-refractivity contribution in [1.29, 1.82) is 0 Å². The summed E-state index contributed by atoms with van der Waals surface area (Å²) in [5.74, 6) is -0.816. The number of nitrogens with one attached hydrogen (secondary N) is 1. The molecule has 1 aromatic carbocycles. The average Bonchev–Trinajstić information content (AvgIpc) is 2.48. The van der Waals surface area contributed by atoms with E-state index in [2.05, 4.69) is 4.72 Å². The fraction of sp³-hybridized carbons (Fsp3) is 0.364. The Balaban J connectivity index is 2.68. The molecular weight excluding hydrogens is 295 g/mol. The van der Waals surface area contributed by atoms with Crippen molar-refractivity contribution in [3.05, 3.63) is 24.0 Å². The number of anilines is 1. The Hall–Kier alpha value is -1.77. The third kappa shape index (κ3) is 2.58. The summed E-state index contributed by atoms with van der Waals surface area (Å²) >= 11 is 0. The lowest BCUT2D eigenvalue weighted by molar-refractivity contribution is -0.667. The molecule has 0 aliphatic rings. The summed E-state index contributed by atoms with van der Waals surface area (Å²) in [7, 11) is -0.877. The van der Waals surface area contributed by atoms with Crippen molar-refractivity contribution in [1.82, 2.24) is 4.57 Å². The minimum absolute atomic E-state index is 0.218. The van der Waals surface area contributed by atoms with Gasteiger partial charge in [-0.05, 0) is 12.1 Å². The second-order valence-corrected chi connectivity index (χ2v) is 6.27. The number of aryl methyl sites for hydroxylation is 2. The molecule has 0 fully saturated rings. The maximum Gasteiger partial charge on any atom is 0.495 e. The fourth-order valence-electron chi connectivity index (χ4n) is 2.19. The molecule has 0 amide bonds. The van der Waals surface area contributed by atoms with Gasteiger partial charge in [-0.25, -0.2) is 17.6 Å². The van der Waals surface area contributed by atoms with Crippen molar-refractivity contribution >= 4 is 26.7 Å². The third-order valence-corrected chi connectivity index (χ3v) is 3.50. The maximum absolute atomic E-state index is 13.0. The van der Waals surface area contributed by atoms with E-state index < -0.39 is 22.0 Å². The third-order valence-electron chi connectivity index (χ3n) is 2.89. The Morgan fingerprint density at radius 1 is 1.30 bits per heavy atom. The van der Waals surface area contributed by atoms with E-state index in [4.69, 9.17) is 0 Å². The summed E-state index contributed by atoms with van der Waals surface area (Å²) in [5, 5.41) is 0. The first kappa shape index (κ1) is 14.6. The molecule has 0 bridgehead atoms. The molecule has 0 unspecified atom stereocenters. The van der Waals surface area contributed by atoms with Gasteiger partial charge in [-0.2, -0.15) is 13.2 Å². The van der Waals surface area contributed by atoms with Gasteiger partial charge < -0.3 is 0 Å². The summed E-state index contributed by atoms with van der Waals surface area (Å²) < 4.78 is 65.5. The highest BCUT2D eigenvalue weighted by Gasteiger charge is 2.45. The standard InChI is InChI=1S/C11H13F3N3O2S/c1-16-8-5-4-7(15-20(3,18)19)6-9(8)17(2)10(16)11(12,13)14/h4-6,15H,1-3H3/q+1. The van der Waals surface area contributed by atoms with Gasteiger partial charge in [0, 0.05) is 6.07 Å². The Morgan fingerprint density at radius 3 is 2.40 bits per heavy atom. The molecule has 2 rings (SSSR count). The molecule has 1 aromatic heterocycles. The van der Waals surface area contributed by atoms with Crippen molar-refractivity contribution in [2.75, 3.05) is 11.0 Å². The lowest BCUT2D eigenvalue weighted by atomic mass is 10.3. The Kier molecular flexibility index (Phi) is 3.20. The van der Waals surface area contributed by atoms with Crippen LogP contribution in [-0.4, -0.2) is 19.2 Å². The molecule has 0 aliphatic heterocycles. The molecule has 2 aromatic rings. The van der Waals surface area contributed by atoms with E-state index in [1.165, 1.54) is 32.3 Å². The van der Waals surface area contributed by atoms with E-state index in [9.17, 15) is 21.6 Å². The van der Waals surface area contributed by atoms with Gasteiger partial charge in [0.1, 0.15) is 0 Å². The van der Waals surface area contributed by atoms with Crippen molar-refractivity contribution in [2.24, 2.45) is 14.1 Å². The van der Waals surface area contributed by atoms with Crippen LogP contribution in [0.3, 0.4) is 0 Å². The number of imidazole rings is 1. The van der Waals surface area contributed by atoms with Gasteiger partial charge in [-0.3, -0.25) is 4.72 Å². The van der Waals surface area contributed by atoms with Gasteiger partial charge in [0.2, 0.25) is 10.0 Å². The zero-order valence-electron chi connectivity index (χ0n) is 11.0. The molecule has 0 atom stereocenters. The van der Waals surface area contributed by atoms with E-state index in [0.29, 0.717) is 5.52 Å². The van der Waals surface area contributed by atoms with Crippen LogP contribution < -0.4 is 9.29 Å². The summed E-state index contributed by atoms with van der Waals surface area (Å²) in [6, 6.07) is 4.23. The molecule has 0 aliphatic carbocycles. The average molecular weight is 308 g/mol. The number of sulfonamides is 1. The second kappa shape index (κ2) is 4.37. The highest BCUT2D eigenvalue weighted by atomic mass is 32.2. The molecule has 0 spiro atoms. The molecule has 0 saturated carbocycles. The fourth-order valence-corrected chi connectivity index (χ4v) is 2.74. The van der Waals surface area contributed by atoms with E-state index >= 15 is 0 Å². The minimum atomic E-state index is -4.49. The first-order chi connectivity index (χ1) is 9.00. The molecule has 110 valence electrons. The van der Waals surface area contributed by atoms with Crippen molar-refractivity contribution < 1.29 is 26.2 Å². The van der Waals surface area contributed by atoms with Gasteiger partial charge in [0.15, 0.2) is 11.0 Å². The highest BCUT2D eigenvalue weighted by Crippen LogP contribution is 2.30. The maximum atomic E-state index is 13.0. The van der Waals surface area contributed by atoms with Crippen molar-refractivity contribution in [3.8, 4) is 0 Å².